The lowest BCUT2D eigenvalue weighted by Gasteiger charge is -2.53. The minimum absolute atomic E-state index is 0.0229. The number of rotatable bonds is 8. The molecule has 0 amide bonds. The monoisotopic (exact) mass is 310 g/mol. The topological polar surface area (TPSA) is 54.0 Å². The summed E-state index contributed by atoms with van der Waals surface area (Å²) in [5, 5.41) is 0. The molecule has 4 aliphatic carbocycles. The van der Waals surface area contributed by atoms with E-state index in [4.69, 9.17) is 18.9 Å². The maximum absolute atomic E-state index is 11.8. The van der Waals surface area contributed by atoms with Crippen LogP contribution in [-0.2, 0) is 23.7 Å². The molecule has 0 radical (unpaired) electrons. The third-order valence-electron chi connectivity index (χ3n) is 5.36. The van der Waals surface area contributed by atoms with Crippen molar-refractivity contribution in [2.75, 3.05) is 27.3 Å². The van der Waals surface area contributed by atoms with Gasteiger partial charge in [-0.3, -0.25) is 0 Å². The normalized spacial score (nSPS) is 35.6. The van der Waals surface area contributed by atoms with Crippen LogP contribution in [0.4, 0.5) is 0 Å². The number of hydrogen-bond acceptors (Lipinski definition) is 5. The Morgan fingerprint density at radius 1 is 1.05 bits per heavy atom. The highest BCUT2D eigenvalue weighted by Crippen LogP contribution is 2.54. The first kappa shape index (κ1) is 16.0. The van der Waals surface area contributed by atoms with Crippen LogP contribution in [0, 0.1) is 23.7 Å². The molecule has 22 heavy (non-hydrogen) atoms. The Morgan fingerprint density at radius 2 is 1.68 bits per heavy atom. The Kier molecular flexibility index (Phi) is 5.16. The van der Waals surface area contributed by atoms with Gasteiger partial charge in [0.1, 0.15) is 6.79 Å². The summed E-state index contributed by atoms with van der Waals surface area (Å²) in [7, 11) is 1.53. The molecule has 0 spiro atoms. The minimum atomic E-state index is -0.458. The highest BCUT2D eigenvalue weighted by atomic mass is 16.7. The zero-order chi connectivity index (χ0) is 15.5. The molecule has 0 unspecified atom stereocenters. The van der Waals surface area contributed by atoms with E-state index in [0.29, 0.717) is 11.8 Å². The second-order valence-corrected chi connectivity index (χ2v) is 6.97. The molecule has 4 rings (SSSR count). The van der Waals surface area contributed by atoms with E-state index < -0.39 is 5.97 Å². The molecule has 5 nitrogen and oxygen atoms in total. The fourth-order valence-corrected chi connectivity index (χ4v) is 4.72. The zero-order valence-corrected chi connectivity index (χ0v) is 13.3. The molecule has 0 atom stereocenters. The molecule has 5 heteroatoms. The van der Waals surface area contributed by atoms with E-state index >= 15 is 0 Å². The van der Waals surface area contributed by atoms with Crippen molar-refractivity contribution in [1.82, 2.24) is 0 Å². The van der Waals surface area contributed by atoms with Crippen molar-refractivity contribution >= 4 is 5.97 Å². The van der Waals surface area contributed by atoms with Crippen LogP contribution in [0.2, 0.25) is 0 Å². The van der Waals surface area contributed by atoms with Crippen LogP contribution < -0.4 is 0 Å². The second kappa shape index (κ2) is 7.11. The summed E-state index contributed by atoms with van der Waals surface area (Å²) in [5.41, 5.74) is 0.283. The van der Waals surface area contributed by atoms with Crippen LogP contribution in [0.3, 0.4) is 0 Å². The van der Waals surface area contributed by atoms with Gasteiger partial charge in [0.2, 0.25) is 0 Å². The fourth-order valence-electron chi connectivity index (χ4n) is 4.72. The summed E-state index contributed by atoms with van der Waals surface area (Å²) in [5.74, 6) is 2.72. The summed E-state index contributed by atoms with van der Waals surface area (Å²) in [6, 6.07) is 0. The molecule has 0 saturated heterocycles. The van der Waals surface area contributed by atoms with Gasteiger partial charge in [-0.05, 0) is 55.8 Å². The Balaban J connectivity index is 1.38. The number of carbonyl (C=O) groups is 1. The second-order valence-electron chi connectivity index (χ2n) is 6.97. The molecular weight excluding hydrogens is 284 g/mol. The minimum Gasteiger partial charge on any atom is -0.435 e. The fraction of sp³-hybridized carbons (Fsp3) is 0.824. The first-order valence-corrected chi connectivity index (χ1v) is 8.20. The number of carbonyl (C=O) groups excluding carboxylic acids is 1. The zero-order valence-electron chi connectivity index (χ0n) is 13.3. The molecule has 0 aromatic carbocycles. The molecule has 0 aliphatic heterocycles. The maximum atomic E-state index is 11.8. The van der Waals surface area contributed by atoms with Crippen LogP contribution in [0.25, 0.3) is 0 Å². The molecule has 124 valence electrons. The van der Waals surface area contributed by atoms with Crippen molar-refractivity contribution in [2.24, 2.45) is 23.7 Å². The third-order valence-corrected chi connectivity index (χ3v) is 5.36. The lowest BCUT2D eigenvalue weighted by atomic mass is 9.55. The molecule has 0 N–H and O–H groups in total. The lowest BCUT2D eigenvalue weighted by Crippen LogP contribution is -2.49. The number of esters is 1. The van der Waals surface area contributed by atoms with Gasteiger partial charge < -0.3 is 18.9 Å². The van der Waals surface area contributed by atoms with Crippen molar-refractivity contribution in [1.29, 1.82) is 0 Å². The quantitative estimate of drug-likeness (QED) is 0.298. The highest BCUT2D eigenvalue weighted by molar-refractivity contribution is 5.87. The summed E-state index contributed by atoms with van der Waals surface area (Å²) in [6.45, 7) is 3.93. The van der Waals surface area contributed by atoms with Gasteiger partial charge in [-0.1, -0.05) is 6.58 Å². The standard InChI is InChI=1S/C17H26O5/c1-11(8-20-9-19-2)17(18)22-10-21-16-14-4-12-3-13(6-14)7-15(16)5-12/h12-16H,1,3-10H2,2H3. The van der Waals surface area contributed by atoms with E-state index in [2.05, 4.69) is 6.58 Å². The Bertz CT molecular complexity index is 391. The number of methoxy groups -OCH3 is 1. The van der Waals surface area contributed by atoms with Gasteiger partial charge in [0.05, 0.1) is 18.3 Å². The van der Waals surface area contributed by atoms with Crippen LogP contribution in [0.1, 0.15) is 32.1 Å². The van der Waals surface area contributed by atoms with Crippen molar-refractivity contribution in [3.63, 3.8) is 0 Å². The van der Waals surface area contributed by atoms with Crippen LogP contribution in [0.5, 0.6) is 0 Å². The van der Waals surface area contributed by atoms with Crippen LogP contribution in [0.15, 0.2) is 12.2 Å². The van der Waals surface area contributed by atoms with Gasteiger partial charge in [-0.15, -0.1) is 0 Å². The highest BCUT2D eigenvalue weighted by Gasteiger charge is 2.48. The third kappa shape index (κ3) is 3.53. The van der Waals surface area contributed by atoms with Gasteiger partial charge >= 0.3 is 5.97 Å². The van der Waals surface area contributed by atoms with E-state index in [0.717, 1.165) is 11.8 Å². The summed E-state index contributed by atoms with van der Waals surface area (Å²) < 4.78 is 20.9. The molecule has 0 heterocycles. The van der Waals surface area contributed by atoms with E-state index in [1.165, 1.54) is 39.2 Å². The molecule has 4 aliphatic rings. The smallest absolute Gasteiger partial charge is 0.337 e. The molecule has 4 saturated carbocycles. The molecule has 4 bridgehead atoms. The van der Waals surface area contributed by atoms with Crippen molar-refractivity contribution in [3.8, 4) is 0 Å². The summed E-state index contributed by atoms with van der Waals surface area (Å²) in [6.07, 6.45) is 6.88. The predicted molar refractivity (Wildman–Crippen MR) is 79.8 cm³/mol. The van der Waals surface area contributed by atoms with Gasteiger partial charge in [0.15, 0.2) is 6.79 Å². The van der Waals surface area contributed by atoms with Gasteiger partial charge in [-0.2, -0.15) is 0 Å². The van der Waals surface area contributed by atoms with Crippen LogP contribution >= 0.6 is 0 Å². The van der Waals surface area contributed by atoms with Crippen molar-refractivity contribution < 1.29 is 23.7 Å². The molecule has 4 fully saturated rings. The lowest BCUT2D eigenvalue weighted by molar-refractivity contribution is -0.184. The maximum Gasteiger partial charge on any atom is 0.337 e. The van der Waals surface area contributed by atoms with Gasteiger partial charge in [-0.25, -0.2) is 4.79 Å². The summed E-state index contributed by atoms with van der Waals surface area (Å²) in [4.78, 5) is 11.8. The number of hydrogen-bond donors (Lipinski definition) is 0. The average molecular weight is 310 g/mol. The summed E-state index contributed by atoms with van der Waals surface area (Å²) >= 11 is 0. The molecular formula is C17H26O5. The Hall–Kier alpha value is -0.910. The first-order valence-electron chi connectivity index (χ1n) is 8.20. The molecule has 0 aromatic rings. The van der Waals surface area contributed by atoms with E-state index in [1.807, 2.05) is 0 Å². The van der Waals surface area contributed by atoms with Gasteiger partial charge in [0, 0.05) is 7.11 Å². The van der Waals surface area contributed by atoms with Crippen molar-refractivity contribution in [3.05, 3.63) is 12.2 Å². The SMILES string of the molecule is C=C(COCOC)C(=O)OCOC1C2CC3CC(C2)CC1C3. The number of ether oxygens (including phenoxy) is 4. The first-order chi connectivity index (χ1) is 10.7. The predicted octanol–water partition coefficient (Wildman–Crippen LogP) is 2.51. The van der Waals surface area contributed by atoms with E-state index in [1.54, 1.807) is 0 Å². The van der Waals surface area contributed by atoms with Crippen molar-refractivity contribution in [2.45, 2.75) is 38.2 Å². The van der Waals surface area contributed by atoms with Crippen LogP contribution in [-0.4, -0.2) is 39.4 Å². The van der Waals surface area contributed by atoms with E-state index in [-0.39, 0.29) is 31.9 Å². The van der Waals surface area contributed by atoms with Gasteiger partial charge in [0.25, 0.3) is 0 Å². The Morgan fingerprint density at radius 3 is 2.27 bits per heavy atom. The van der Waals surface area contributed by atoms with E-state index in [9.17, 15) is 4.79 Å². The Labute approximate surface area is 131 Å². The largest absolute Gasteiger partial charge is 0.435 e. The molecule has 0 aromatic heterocycles. The average Bonchev–Trinajstić information content (AvgIpc) is 2.49.